The average molecular weight is 1020 g/mol. The second-order valence-corrected chi connectivity index (χ2v) is 18.1. The van der Waals surface area contributed by atoms with Crippen molar-refractivity contribution in [3.05, 3.63) is 155 Å². The van der Waals surface area contributed by atoms with Crippen LogP contribution in [0.4, 0.5) is 21.9 Å². The van der Waals surface area contributed by atoms with E-state index in [0.717, 1.165) is 24.8 Å². The van der Waals surface area contributed by atoms with Gasteiger partial charge in [0.05, 0.1) is 64.3 Å². The minimum Gasteiger partial charge on any atom is -0.491 e. The van der Waals surface area contributed by atoms with Gasteiger partial charge < -0.3 is 48.5 Å². The van der Waals surface area contributed by atoms with E-state index in [4.69, 9.17) is 33.2 Å². The van der Waals surface area contributed by atoms with Gasteiger partial charge in [-0.25, -0.2) is 9.69 Å². The average Bonchev–Trinajstić information content (AvgIpc) is 4.04. The molecule has 388 valence electrons. The van der Waals surface area contributed by atoms with Crippen LogP contribution < -0.4 is 19.9 Å². The number of anilines is 3. The zero-order valence-electron chi connectivity index (χ0n) is 41.5. The van der Waals surface area contributed by atoms with Crippen molar-refractivity contribution in [2.45, 2.75) is 36.1 Å². The van der Waals surface area contributed by atoms with E-state index in [9.17, 15) is 19.5 Å². The molecule has 5 aromatic rings. The van der Waals surface area contributed by atoms with Gasteiger partial charge in [0.1, 0.15) is 36.5 Å². The number of hydrogen-bond acceptors (Lipinski definition) is 16. The Kier molecular flexibility index (Phi) is 15.9. The molecule has 0 aromatic heterocycles. The number of aliphatic hydroxyl groups excluding tert-OH is 1. The Balaban J connectivity index is 1.32. The molecule has 1 spiro atoms. The van der Waals surface area contributed by atoms with Gasteiger partial charge in [-0.05, 0) is 76.9 Å². The van der Waals surface area contributed by atoms with E-state index in [-0.39, 0.29) is 49.7 Å². The number of amides is 3. The van der Waals surface area contributed by atoms with Gasteiger partial charge in [0.15, 0.2) is 5.92 Å². The molecule has 9 rings (SSSR count). The molecule has 3 fully saturated rings. The number of aliphatic hydroxyl groups is 1. The number of nitrogens with one attached hydrogen (secondary N) is 1. The van der Waals surface area contributed by atoms with Crippen LogP contribution in [0, 0.1) is 23.7 Å². The Morgan fingerprint density at radius 2 is 1.45 bits per heavy atom. The number of nitrogens with zero attached hydrogens (tertiary/aromatic N) is 3. The molecule has 18 heteroatoms. The first-order chi connectivity index (χ1) is 36.5. The second-order valence-electron chi connectivity index (χ2n) is 18.1. The SMILES string of the molecule is COCCOC(=O)N1C(=O)[C@@]2(c3cc(C#CCC(C(=O)OC)C(=O)OC)ccc31)[C@H](C(=O)Nc1ccc(N3CCOCC3)cc1)[C@H]1C(=O)O[C@H](c3ccccc3)[C@H](c3ccccc3)N1[C@@H]2c1cccc(OCCO)c1. The van der Waals surface area contributed by atoms with Crippen LogP contribution in [0.5, 0.6) is 5.75 Å². The number of carbonyl (C=O) groups is 6. The van der Waals surface area contributed by atoms with E-state index in [0.29, 0.717) is 54.4 Å². The number of imide groups is 1. The van der Waals surface area contributed by atoms with Crippen molar-refractivity contribution in [3.63, 3.8) is 0 Å². The number of benzene rings is 5. The molecule has 0 bridgehead atoms. The quantitative estimate of drug-likeness (QED) is 0.0425. The van der Waals surface area contributed by atoms with Crippen LogP contribution in [0.1, 0.15) is 52.4 Å². The van der Waals surface area contributed by atoms with E-state index in [1.54, 1.807) is 48.5 Å². The van der Waals surface area contributed by atoms with E-state index < -0.39 is 77.3 Å². The van der Waals surface area contributed by atoms with Gasteiger partial charge in [-0.3, -0.25) is 28.9 Å². The molecule has 18 nitrogen and oxygen atoms in total. The van der Waals surface area contributed by atoms with Gasteiger partial charge in [0, 0.05) is 43.6 Å². The summed E-state index contributed by atoms with van der Waals surface area (Å²) in [6, 6.07) is 33.5. The van der Waals surface area contributed by atoms with Gasteiger partial charge in [0.2, 0.25) is 11.8 Å². The summed E-state index contributed by atoms with van der Waals surface area (Å²) in [5.74, 6) is -0.986. The molecule has 0 unspecified atom stereocenters. The first-order valence-electron chi connectivity index (χ1n) is 24.5. The summed E-state index contributed by atoms with van der Waals surface area (Å²) in [6.45, 7) is 1.84. The number of esters is 3. The third kappa shape index (κ3) is 10.0. The van der Waals surface area contributed by atoms with Crippen LogP contribution in [0.25, 0.3) is 0 Å². The number of ether oxygens (including phenoxy) is 7. The maximum atomic E-state index is 16.6. The molecule has 6 atom stereocenters. The highest BCUT2D eigenvalue weighted by atomic mass is 16.6. The number of morpholine rings is 2. The molecule has 4 heterocycles. The van der Waals surface area contributed by atoms with Gasteiger partial charge in [0.25, 0.3) is 0 Å². The maximum absolute atomic E-state index is 16.6. The van der Waals surface area contributed by atoms with Crippen molar-refractivity contribution in [1.29, 1.82) is 0 Å². The van der Waals surface area contributed by atoms with Gasteiger partial charge >= 0.3 is 24.0 Å². The van der Waals surface area contributed by atoms with E-state index in [1.165, 1.54) is 13.2 Å². The predicted octanol–water partition coefficient (Wildman–Crippen LogP) is 5.69. The molecular weight excluding hydrogens is 965 g/mol. The lowest BCUT2D eigenvalue weighted by molar-refractivity contribution is -0.178. The molecule has 4 aliphatic rings. The third-order valence-electron chi connectivity index (χ3n) is 14.0. The standard InChI is InChI=1S/C57H56N4O14/c1-69-32-33-74-56(68)60-45-25-20-36(12-10-19-43(52(64)70-2)53(65)71-3)34-44(45)57(55(60)67)46(51(63)58-40-21-23-41(24-22-40)59-26-29-72-30-27-59)48-54(66)75-49(38-15-8-5-9-16-38)47(37-13-6-4-7-14-37)61(48)50(57)39-17-11-18-42(35-39)73-31-28-62/h4-9,11,13-18,20-25,34-35,43,46-50,62H,19,26-33H2,1-3H3,(H,58,63)/t46-,47-,48-,49+,50+,57-/m0/s1. The topological polar surface area (TPSA) is 209 Å². The highest BCUT2D eigenvalue weighted by Gasteiger charge is 2.76. The Hall–Kier alpha value is -8.08. The van der Waals surface area contributed by atoms with Crippen molar-refractivity contribution >= 4 is 52.9 Å². The lowest BCUT2D eigenvalue weighted by atomic mass is 9.65. The number of cyclic esters (lactones) is 1. The molecule has 4 aliphatic heterocycles. The molecule has 0 radical (unpaired) electrons. The van der Waals surface area contributed by atoms with Crippen LogP contribution in [0.2, 0.25) is 0 Å². The zero-order valence-corrected chi connectivity index (χ0v) is 41.5. The summed E-state index contributed by atoms with van der Waals surface area (Å²) in [5.41, 5.74) is 1.23. The van der Waals surface area contributed by atoms with Crippen LogP contribution >= 0.6 is 0 Å². The summed E-state index contributed by atoms with van der Waals surface area (Å²) < 4.78 is 38.8. The number of methoxy groups -OCH3 is 3. The minimum absolute atomic E-state index is 0.00161. The lowest BCUT2D eigenvalue weighted by Gasteiger charge is -2.46. The lowest BCUT2D eigenvalue weighted by Crippen LogP contribution is -2.54. The van der Waals surface area contributed by atoms with Gasteiger partial charge in [-0.15, -0.1) is 0 Å². The first kappa shape index (κ1) is 51.8. The highest BCUT2D eigenvalue weighted by molar-refractivity contribution is 6.24. The number of carbonyl (C=O) groups excluding carboxylic acids is 6. The molecular formula is C57H56N4O14. The monoisotopic (exact) mass is 1020 g/mol. The fourth-order valence-corrected chi connectivity index (χ4v) is 10.8. The van der Waals surface area contributed by atoms with E-state index in [1.807, 2.05) is 77.7 Å². The van der Waals surface area contributed by atoms with Crippen LogP contribution in [0.15, 0.2) is 127 Å². The minimum atomic E-state index is -2.20. The zero-order chi connectivity index (χ0) is 52.6. The van der Waals surface area contributed by atoms with Crippen LogP contribution in [-0.2, 0) is 57.8 Å². The van der Waals surface area contributed by atoms with Crippen molar-refractivity contribution < 1.29 is 67.0 Å². The van der Waals surface area contributed by atoms with Crippen molar-refractivity contribution in [1.82, 2.24) is 4.90 Å². The Morgan fingerprint density at radius 3 is 2.12 bits per heavy atom. The number of hydrogen-bond donors (Lipinski definition) is 2. The summed E-state index contributed by atoms with van der Waals surface area (Å²) in [4.78, 5) is 93.1. The third-order valence-corrected chi connectivity index (χ3v) is 14.0. The fraction of sp³-hybridized carbons (Fsp3) is 0.333. The summed E-state index contributed by atoms with van der Waals surface area (Å²) in [5, 5.41) is 12.9. The van der Waals surface area contributed by atoms with Gasteiger partial charge in [-0.1, -0.05) is 84.6 Å². The van der Waals surface area contributed by atoms with Crippen LogP contribution in [0.3, 0.4) is 0 Å². The predicted molar refractivity (Wildman–Crippen MR) is 271 cm³/mol. The normalized spacial score (nSPS) is 21.9. The van der Waals surface area contributed by atoms with Crippen LogP contribution in [-0.4, -0.2) is 126 Å². The Labute approximate surface area is 433 Å². The van der Waals surface area contributed by atoms with Gasteiger partial charge in [-0.2, -0.15) is 0 Å². The second kappa shape index (κ2) is 23.0. The Morgan fingerprint density at radius 1 is 0.773 bits per heavy atom. The molecule has 75 heavy (non-hydrogen) atoms. The summed E-state index contributed by atoms with van der Waals surface area (Å²) in [7, 11) is 3.71. The van der Waals surface area contributed by atoms with Crippen molar-refractivity contribution in [2.24, 2.45) is 11.8 Å². The summed E-state index contributed by atoms with van der Waals surface area (Å²) >= 11 is 0. The van der Waals surface area contributed by atoms with E-state index >= 15 is 14.4 Å². The highest BCUT2D eigenvalue weighted by Crippen LogP contribution is 2.66. The first-order valence-corrected chi connectivity index (χ1v) is 24.5. The summed E-state index contributed by atoms with van der Waals surface area (Å²) in [6.07, 6.45) is -2.38. The molecule has 3 saturated heterocycles. The molecule has 0 saturated carbocycles. The molecule has 0 aliphatic carbocycles. The maximum Gasteiger partial charge on any atom is 0.421 e. The molecule has 5 aromatic carbocycles. The number of fused-ring (bicyclic) bond motifs is 3. The van der Waals surface area contributed by atoms with Crippen molar-refractivity contribution in [2.75, 3.05) is 89.2 Å². The van der Waals surface area contributed by atoms with Crippen molar-refractivity contribution in [3.8, 4) is 17.6 Å². The largest absolute Gasteiger partial charge is 0.491 e. The molecule has 3 amide bonds. The fourth-order valence-electron chi connectivity index (χ4n) is 10.8. The number of rotatable bonds is 15. The smallest absolute Gasteiger partial charge is 0.421 e. The van der Waals surface area contributed by atoms with E-state index in [2.05, 4.69) is 22.1 Å². The Bertz CT molecular complexity index is 2960. The molecule has 2 N–H and O–H groups in total.